The lowest BCUT2D eigenvalue weighted by molar-refractivity contribution is -0.0861. The molecule has 0 aromatic carbocycles. The molecule has 0 saturated heterocycles. The molecule has 0 amide bonds. The predicted octanol–water partition coefficient (Wildman–Crippen LogP) is 7.39. The summed E-state index contributed by atoms with van der Waals surface area (Å²) in [6.07, 6.45) is 21.0. The maximum atomic E-state index is 2.65. The second kappa shape index (κ2) is 5.87. The van der Waals surface area contributed by atoms with Gasteiger partial charge in [-0.25, -0.2) is 0 Å². The molecule has 4 unspecified atom stereocenters. The van der Waals surface area contributed by atoms with Crippen LogP contribution in [0.4, 0.5) is 0 Å². The van der Waals surface area contributed by atoms with E-state index in [-0.39, 0.29) is 0 Å². The van der Waals surface area contributed by atoms with Crippen molar-refractivity contribution >= 4 is 0 Å². The Morgan fingerprint density at radius 1 is 0.880 bits per heavy atom. The van der Waals surface area contributed by atoms with Crippen LogP contribution < -0.4 is 0 Å². The summed E-state index contributed by atoms with van der Waals surface area (Å²) < 4.78 is 0. The summed E-state index contributed by atoms with van der Waals surface area (Å²) in [7, 11) is 0. The van der Waals surface area contributed by atoms with E-state index < -0.39 is 0 Å². The molecule has 0 N–H and O–H groups in total. The summed E-state index contributed by atoms with van der Waals surface area (Å²) in [6, 6.07) is 0. The lowest BCUT2D eigenvalue weighted by atomic mass is 9.46. The van der Waals surface area contributed by atoms with E-state index in [0.717, 1.165) is 40.9 Å². The van der Waals surface area contributed by atoms with Crippen molar-refractivity contribution in [3.05, 3.63) is 11.6 Å². The van der Waals surface area contributed by atoms with Gasteiger partial charge in [-0.3, -0.25) is 0 Å². The molecule has 5 fully saturated rings. The Labute approximate surface area is 156 Å². The molecular weight excluding hydrogens is 300 g/mol. The molecule has 0 aromatic heterocycles. The highest BCUT2D eigenvalue weighted by Gasteiger charge is 2.61. The highest BCUT2D eigenvalue weighted by atomic mass is 14.7. The van der Waals surface area contributed by atoms with E-state index in [2.05, 4.69) is 26.8 Å². The van der Waals surface area contributed by atoms with Crippen LogP contribution >= 0.6 is 0 Å². The third-order valence-corrected chi connectivity index (χ3v) is 10.2. The molecule has 25 heavy (non-hydrogen) atoms. The summed E-state index contributed by atoms with van der Waals surface area (Å²) in [4.78, 5) is 0. The van der Waals surface area contributed by atoms with E-state index in [1.165, 1.54) is 32.1 Å². The van der Waals surface area contributed by atoms with Crippen LogP contribution in [0.5, 0.6) is 0 Å². The molecule has 0 aliphatic heterocycles. The molecule has 7 atom stereocenters. The monoisotopic (exact) mass is 340 g/mol. The number of hydrogen-bond donors (Lipinski definition) is 0. The molecule has 0 nitrogen and oxygen atoms in total. The van der Waals surface area contributed by atoms with Gasteiger partial charge in [-0.15, -0.1) is 0 Å². The molecule has 0 heteroatoms. The Morgan fingerprint density at radius 2 is 1.64 bits per heavy atom. The molecule has 0 spiro atoms. The highest BCUT2D eigenvalue weighted by Crippen LogP contribution is 2.70. The molecule has 0 aromatic rings. The van der Waals surface area contributed by atoms with E-state index in [1.54, 1.807) is 44.9 Å². The molecule has 0 heterocycles. The molecule has 5 rings (SSSR count). The first-order valence-electron chi connectivity index (χ1n) is 11.7. The van der Waals surface area contributed by atoms with Gasteiger partial charge in [0.05, 0.1) is 0 Å². The Morgan fingerprint density at radius 3 is 2.40 bits per heavy atom. The molecule has 0 radical (unpaired) electrons. The molecule has 5 aliphatic carbocycles. The van der Waals surface area contributed by atoms with Gasteiger partial charge in [-0.05, 0) is 117 Å². The van der Waals surface area contributed by atoms with Crippen LogP contribution in [0.2, 0.25) is 0 Å². The van der Waals surface area contributed by atoms with Crippen molar-refractivity contribution in [3.63, 3.8) is 0 Å². The normalized spacial score (nSPS) is 54.5. The van der Waals surface area contributed by atoms with Gasteiger partial charge in [0.15, 0.2) is 0 Å². The van der Waals surface area contributed by atoms with Crippen molar-refractivity contribution in [2.24, 2.45) is 46.3 Å². The van der Waals surface area contributed by atoms with Crippen LogP contribution in [0.3, 0.4) is 0 Å². The fraction of sp³-hybridized carbons (Fsp3) is 0.920. The summed E-state index contributed by atoms with van der Waals surface area (Å²) in [5.74, 6) is 6.41. The maximum absolute atomic E-state index is 2.65. The van der Waals surface area contributed by atoms with Gasteiger partial charge < -0.3 is 0 Å². The van der Waals surface area contributed by atoms with Gasteiger partial charge in [-0.2, -0.15) is 0 Å². The largest absolute Gasteiger partial charge is 0.0879 e. The van der Waals surface area contributed by atoms with Crippen molar-refractivity contribution in [2.75, 3.05) is 0 Å². The van der Waals surface area contributed by atoms with E-state index >= 15 is 0 Å². The fourth-order valence-electron chi connectivity index (χ4n) is 9.12. The fourth-order valence-corrected chi connectivity index (χ4v) is 9.12. The highest BCUT2D eigenvalue weighted by molar-refractivity contribution is 5.23. The topological polar surface area (TPSA) is 0 Å². The van der Waals surface area contributed by atoms with Crippen molar-refractivity contribution < 1.29 is 0 Å². The second-order valence-corrected chi connectivity index (χ2v) is 11.1. The smallest absolute Gasteiger partial charge is 0.00853 e. The van der Waals surface area contributed by atoms with Crippen LogP contribution in [-0.4, -0.2) is 0 Å². The average molecular weight is 341 g/mol. The van der Waals surface area contributed by atoms with Gasteiger partial charge in [0.2, 0.25) is 0 Å². The van der Waals surface area contributed by atoms with Crippen LogP contribution in [0.15, 0.2) is 11.6 Å². The third-order valence-electron chi connectivity index (χ3n) is 10.2. The number of allylic oxidation sites excluding steroid dienone is 2. The minimum atomic E-state index is 0.577. The number of fused-ring (bicyclic) bond motifs is 5. The minimum Gasteiger partial charge on any atom is -0.0879 e. The van der Waals surface area contributed by atoms with Gasteiger partial charge in [0.25, 0.3) is 0 Å². The molecule has 5 saturated carbocycles. The predicted molar refractivity (Wildman–Crippen MR) is 106 cm³/mol. The first-order valence-corrected chi connectivity index (χ1v) is 11.7. The zero-order valence-corrected chi connectivity index (χ0v) is 17.0. The SMILES string of the molecule is C/C=C1/CCC2C3CC[C@]4(C5CC5)C[C@@H](C)CCCC4C3CC[C@]12C. The number of rotatable bonds is 1. The van der Waals surface area contributed by atoms with Crippen molar-refractivity contribution in [3.8, 4) is 0 Å². The molecular formula is C25H40. The minimum absolute atomic E-state index is 0.577. The third kappa shape index (κ3) is 2.37. The van der Waals surface area contributed by atoms with Crippen molar-refractivity contribution in [1.82, 2.24) is 0 Å². The Bertz CT molecular complexity index is 554. The van der Waals surface area contributed by atoms with Crippen LogP contribution in [0.1, 0.15) is 97.8 Å². The van der Waals surface area contributed by atoms with Crippen LogP contribution in [0.25, 0.3) is 0 Å². The lowest BCUT2D eigenvalue weighted by Crippen LogP contribution is -2.51. The van der Waals surface area contributed by atoms with E-state index in [0.29, 0.717) is 5.41 Å². The Kier molecular flexibility index (Phi) is 3.96. The van der Waals surface area contributed by atoms with Gasteiger partial charge >= 0.3 is 0 Å². The number of hydrogen-bond acceptors (Lipinski definition) is 0. The molecule has 0 bridgehead atoms. The molecule has 140 valence electrons. The van der Waals surface area contributed by atoms with Gasteiger partial charge in [0.1, 0.15) is 0 Å². The average Bonchev–Trinajstić information content (AvgIpc) is 3.40. The zero-order chi connectivity index (χ0) is 17.2. The first-order chi connectivity index (χ1) is 12.1. The summed E-state index contributed by atoms with van der Waals surface area (Å²) in [6.45, 7) is 7.53. The van der Waals surface area contributed by atoms with Gasteiger partial charge in [-0.1, -0.05) is 38.3 Å². The Balaban J connectivity index is 1.47. The van der Waals surface area contributed by atoms with E-state index in [9.17, 15) is 0 Å². The molecule has 5 aliphatic rings. The second-order valence-electron chi connectivity index (χ2n) is 11.1. The maximum Gasteiger partial charge on any atom is -0.00853 e. The van der Waals surface area contributed by atoms with Crippen LogP contribution in [-0.2, 0) is 0 Å². The summed E-state index contributed by atoms with van der Waals surface area (Å²) in [5.41, 5.74) is 3.19. The van der Waals surface area contributed by atoms with Crippen molar-refractivity contribution in [2.45, 2.75) is 97.8 Å². The lowest BCUT2D eigenvalue weighted by Gasteiger charge is -2.58. The zero-order valence-electron chi connectivity index (χ0n) is 17.0. The van der Waals surface area contributed by atoms with E-state index in [4.69, 9.17) is 0 Å². The first kappa shape index (κ1) is 16.9. The Hall–Kier alpha value is -0.260. The standard InChI is InChI=1S/C25H40/c1-4-18-10-11-22-20-13-15-25(19-8-9-19)16-17(2)6-5-7-23(25)21(20)12-14-24(18,22)3/h4,17,19-23H,5-16H2,1-3H3/b18-4-/t17-,20?,21?,22?,23?,24+,25+/m0/s1. The van der Waals surface area contributed by atoms with Gasteiger partial charge in [0, 0.05) is 0 Å². The van der Waals surface area contributed by atoms with E-state index in [1.807, 2.05) is 5.57 Å². The van der Waals surface area contributed by atoms with Crippen molar-refractivity contribution in [1.29, 1.82) is 0 Å². The summed E-state index contributed by atoms with van der Waals surface area (Å²) >= 11 is 0. The quantitative estimate of drug-likeness (QED) is 0.436. The summed E-state index contributed by atoms with van der Waals surface area (Å²) in [5, 5.41) is 0. The van der Waals surface area contributed by atoms with Crippen LogP contribution in [0, 0.1) is 46.3 Å².